The second kappa shape index (κ2) is 21.2. The maximum atomic E-state index is 11.1. The molecule has 0 spiro atoms. The number of rotatable bonds is 16. The van der Waals surface area contributed by atoms with E-state index in [0.717, 1.165) is 0 Å². The molecular formula is C25H38N18O14. The van der Waals surface area contributed by atoms with Gasteiger partial charge in [0.05, 0.1) is 61.8 Å². The lowest BCUT2D eigenvalue weighted by atomic mass is 9.84. The van der Waals surface area contributed by atoms with E-state index in [1.807, 2.05) is 0 Å². The molecule has 0 aromatic heterocycles. The van der Waals surface area contributed by atoms with E-state index in [1.54, 1.807) is 0 Å². The molecule has 8 unspecified atom stereocenters. The largest absolute Gasteiger partial charge is 0.394 e. The maximum absolute atomic E-state index is 11.1. The van der Waals surface area contributed by atoms with Crippen molar-refractivity contribution in [3.63, 3.8) is 0 Å². The summed E-state index contributed by atoms with van der Waals surface area (Å²) < 4.78 is 34.3. The molecule has 0 amide bonds. The molecule has 2 heterocycles. The number of azide groups is 6. The van der Waals surface area contributed by atoms with Crippen LogP contribution < -0.4 is 0 Å². The molecule has 0 bridgehead atoms. The second-order valence-corrected chi connectivity index (χ2v) is 12.9. The predicted octanol–water partition coefficient (Wildman–Crippen LogP) is -1.03. The minimum absolute atomic E-state index is 0.308. The minimum Gasteiger partial charge on any atom is -0.394 e. The van der Waals surface area contributed by atoms with Crippen molar-refractivity contribution in [2.45, 2.75) is 135 Å². The van der Waals surface area contributed by atoms with Crippen LogP contribution in [0.3, 0.4) is 0 Å². The van der Waals surface area contributed by atoms with Crippen LogP contribution in [0.15, 0.2) is 30.7 Å². The molecule has 312 valence electrons. The Morgan fingerprint density at radius 1 is 0.456 bits per heavy atom. The highest BCUT2D eigenvalue weighted by Crippen LogP contribution is 2.36. The van der Waals surface area contributed by atoms with Crippen LogP contribution in [0.2, 0.25) is 0 Å². The lowest BCUT2D eigenvalue weighted by Crippen LogP contribution is -2.64. The standard InChI is InChI=1S/C25H38N18O14/c26-38-32-6-1-8(34-40-28)20(18(50)14(6)46)56-24-12(36-42-30)22(16(48)10(3-44)54-24)52-5-53-23-13(37-43-31)25(55-11(4-45)17(23)49)57-21-9(35-41-29)2-7(33-39-27)15(47)19(21)51/h6-25,44-51H,1-5H2/t6-,7+,8?,9?,10?,11?,12?,13?,14-,15?,16-,17+,18?,19+,20-,21+,22-,23+,24-,25+/m1/s1. The highest BCUT2D eigenvalue weighted by atomic mass is 16.7. The van der Waals surface area contributed by atoms with Crippen LogP contribution in [0.4, 0.5) is 0 Å². The molecule has 2 aliphatic carbocycles. The van der Waals surface area contributed by atoms with E-state index in [4.69, 9.17) is 50.5 Å². The number of hydrogen-bond acceptors (Lipinski definition) is 20. The fourth-order valence-electron chi connectivity index (χ4n) is 7.00. The van der Waals surface area contributed by atoms with E-state index in [2.05, 4.69) is 60.2 Å². The van der Waals surface area contributed by atoms with E-state index in [1.165, 1.54) is 0 Å². The fourth-order valence-corrected chi connectivity index (χ4v) is 7.00. The summed E-state index contributed by atoms with van der Waals surface area (Å²) in [6, 6.07) is -8.46. The third-order valence-corrected chi connectivity index (χ3v) is 9.80. The SMILES string of the molecule is [N-]=[N+]=NC1C[C@@H](N=[N+]=[N-])[C@@H](O)C(O)[C@@H]1O[C@H]1OC(CO)[C@@H](O)[C@H](OCO[C@H]2C(N=[N+]=[N-])[C@H](O[C@H]3C(N=[N+]=[N-])C[C@H](N=[N+]=[N-])C(O)[C@@H]3O)OC(CO)[C@@H]2O)C1N=[N+]=[N-]. The van der Waals surface area contributed by atoms with Gasteiger partial charge in [0.25, 0.3) is 0 Å². The highest BCUT2D eigenvalue weighted by molar-refractivity contribution is 5.04. The molecule has 20 atom stereocenters. The van der Waals surface area contributed by atoms with E-state index in [9.17, 15) is 51.9 Å². The molecule has 0 radical (unpaired) electrons. The first kappa shape index (κ1) is 45.0. The van der Waals surface area contributed by atoms with Gasteiger partial charge in [0.1, 0.15) is 67.7 Å². The predicted molar refractivity (Wildman–Crippen MR) is 179 cm³/mol. The van der Waals surface area contributed by atoms with Crippen molar-refractivity contribution in [1.29, 1.82) is 0 Å². The van der Waals surface area contributed by atoms with E-state index < -0.39 is 142 Å². The van der Waals surface area contributed by atoms with Crippen molar-refractivity contribution in [1.82, 2.24) is 0 Å². The average molecular weight is 815 g/mol. The molecule has 4 aliphatic rings. The first-order valence-electron chi connectivity index (χ1n) is 16.8. The Morgan fingerprint density at radius 3 is 1.11 bits per heavy atom. The third kappa shape index (κ3) is 10.1. The molecular weight excluding hydrogens is 776 g/mol. The molecule has 0 aromatic rings. The van der Waals surface area contributed by atoms with Gasteiger partial charge in [-0.05, 0) is 46.0 Å². The van der Waals surface area contributed by atoms with Gasteiger partial charge in [0, 0.05) is 29.5 Å². The van der Waals surface area contributed by atoms with Crippen molar-refractivity contribution in [2.24, 2.45) is 30.7 Å². The van der Waals surface area contributed by atoms with Gasteiger partial charge in [-0.15, -0.1) is 0 Å². The zero-order valence-corrected chi connectivity index (χ0v) is 29.2. The van der Waals surface area contributed by atoms with Crippen LogP contribution in [0, 0.1) is 0 Å². The van der Waals surface area contributed by atoms with Gasteiger partial charge in [-0.2, -0.15) is 0 Å². The zero-order valence-electron chi connectivity index (χ0n) is 29.2. The third-order valence-electron chi connectivity index (χ3n) is 9.80. The Bertz CT molecular complexity index is 1550. The van der Waals surface area contributed by atoms with Crippen LogP contribution in [0.1, 0.15) is 12.8 Å². The van der Waals surface area contributed by atoms with E-state index >= 15 is 0 Å². The Balaban J connectivity index is 1.58. The lowest BCUT2D eigenvalue weighted by Gasteiger charge is -2.47. The molecule has 57 heavy (non-hydrogen) atoms. The summed E-state index contributed by atoms with van der Waals surface area (Å²) in [6.45, 7) is -2.75. The van der Waals surface area contributed by atoms with Crippen LogP contribution in [0.5, 0.6) is 0 Å². The quantitative estimate of drug-likeness (QED) is 0.0400. The normalized spacial score (nSPS) is 42.9. The zero-order chi connectivity index (χ0) is 41.8. The Hall–Kier alpha value is -4.70. The van der Waals surface area contributed by atoms with Crippen molar-refractivity contribution in [2.75, 3.05) is 20.0 Å². The van der Waals surface area contributed by atoms with Crippen LogP contribution >= 0.6 is 0 Å². The Labute approximate surface area is 317 Å². The summed E-state index contributed by atoms with van der Waals surface area (Å²) in [6.07, 6.45) is -24.7. The first-order valence-corrected chi connectivity index (χ1v) is 16.8. The van der Waals surface area contributed by atoms with Gasteiger partial charge in [0.2, 0.25) is 0 Å². The summed E-state index contributed by atoms with van der Waals surface area (Å²) in [4.78, 5) is 16.0. The maximum Gasteiger partial charge on any atom is 0.169 e. The lowest BCUT2D eigenvalue weighted by molar-refractivity contribution is -0.320. The molecule has 4 rings (SSSR count). The number of nitrogens with zero attached hydrogens (tertiary/aromatic N) is 18. The van der Waals surface area contributed by atoms with Crippen molar-refractivity contribution in [3.05, 3.63) is 62.7 Å². The fraction of sp³-hybridized carbons (Fsp3) is 1.00. The van der Waals surface area contributed by atoms with E-state index in [0.29, 0.717) is 0 Å². The molecule has 2 saturated carbocycles. The van der Waals surface area contributed by atoms with Gasteiger partial charge in [-0.3, -0.25) is 0 Å². The van der Waals surface area contributed by atoms with Gasteiger partial charge >= 0.3 is 0 Å². The molecule has 32 nitrogen and oxygen atoms in total. The summed E-state index contributed by atoms with van der Waals surface area (Å²) in [7, 11) is 0. The van der Waals surface area contributed by atoms with Crippen molar-refractivity contribution >= 4 is 0 Å². The van der Waals surface area contributed by atoms with Gasteiger partial charge in [-0.1, -0.05) is 30.7 Å². The van der Waals surface area contributed by atoms with Crippen LogP contribution in [-0.2, 0) is 28.4 Å². The monoisotopic (exact) mass is 814 g/mol. The van der Waals surface area contributed by atoms with E-state index in [-0.39, 0.29) is 12.8 Å². The summed E-state index contributed by atoms with van der Waals surface area (Å²) in [5, 5.41) is 106. The molecule has 2 saturated heterocycles. The summed E-state index contributed by atoms with van der Waals surface area (Å²) in [5.74, 6) is 0. The molecule has 2 aliphatic heterocycles. The number of aliphatic hydroxyl groups excluding tert-OH is 8. The van der Waals surface area contributed by atoms with Gasteiger partial charge in [0.15, 0.2) is 12.6 Å². The Morgan fingerprint density at radius 2 is 0.789 bits per heavy atom. The molecule has 32 heteroatoms. The van der Waals surface area contributed by atoms with Crippen molar-refractivity contribution in [3.8, 4) is 0 Å². The average Bonchev–Trinajstić information content (AvgIpc) is 3.19. The summed E-state index contributed by atoms with van der Waals surface area (Å²) in [5.41, 5.74) is 54.8. The van der Waals surface area contributed by atoms with Gasteiger partial charge in [-0.25, -0.2) is 0 Å². The smallest absolute Gasteiger partial charge is 0.169 e. The first-order chi connectivity index (χ1) is 27.4. The van der Waals surface area contributed by atoms with Crippen LogP contribution in [0.25, 0.3) is 62.7 Å². The highest BCUT2D eigenvalue weighted by Gasteiger charge is 2.53. The molecule has 8 N–H and O–H groups in total. The minimum atomic E-state index is -1.88. The topological polar surface area (TPSA) is 510 Å². The molecule has 4 fully saturated rings. The summed E-state index contributed by atoms with van der Waals surface area (Å²) >= 11 is 0. The molecule has 0 aromatic carbocycles. The Kier molecular flexibility index (Phi) is 16.7. The second-order valence-electron chi connectivity index (χ2n) is 12.9. The number of hydrogen-bond donors (Lipinski definition) is 8. The van der Waals surface area contributed by atoms with Gasteiger partial charge < -0.3 is 69.3 Å². The van der Waals surface area contributed by atoms with Crippen molar-refractivity contribution < 1.29 is 69.3 Å². The van der Waals surface area contributed by atoms with Crippen LogP contribution in [-0.4, -0.2) is 183 Å². The number of aliphatic hydroxyl groups is 8. The number of ether oxygens (including phenoxy) is 6.